The van der Waals surface area contributed by atoms with Crippen molar-refractivity contribution in [3.05, 3.63) is 48.6 Å². The maximum Gasteiger partial charge on any atom is 0.306 e. The number of aliphatic hydroxyl groups is 7. The average molecular weight is 1110 g/mol. The summed E-state index contributed by atoms with van der Waals surface area (Å²) < 4.78 is 34.5. The molecule has 0 aliphatic carbocycles. The highest BCUT2D eigenvalue weighted by Gasteiger charge is 2.47. The highest BCUT2D eigenvalue weighted by atomic mass is 16.7. The Balaban J connectivity index is 1.67. The van der Waals surface area contributed by atoms with Crippen LogP contribution in [0.15, 0.2) is 48.6 Å². The number of unbranched alkanes of at least 4 members (excludes halogenated alkanes) is 30. The zero-order valence-electron chi connectivity index (χ0n) is 49.2. The monoisotopic (exact) mass is 1110 g/mol. The molecule has 0 aromatic heterocycles. The molecule has 14 nitrogen and oxygen atoms in total. The van der Waals surface area contributed by atoms with E-state index in [4.69, 9.17) is 28.4 Å². The molecule has 7 N–H and O–H groups in total. The Morgan fingerprint density at radius 2 is 0.833 bits per heavy atom. The second kappa shape index (κ2) is 50.7. The summed E-state index contributed by atoms with van der Waals surface area (Å²) >= 11 is 0. The van der Waals surface area contributed by atoms with Gasteiger partial charge in [0.1, 0.15) is 54.9 Å². The van der Waals surface area contributed by atoms with Crippen molar-refractivity contribution in [3.63, 3.8) is 0 Å². The van der Waals surface area contributed by atoms with Crippen LogP contribution in [0.25, 0.3) is 0 Å². The van der Waals surface area contributed by atoms with E-state index in [0.717, 1.165) is 83.5 Å². The zero-order chi connectivity index (χ0) is 56.5. The molecule has 78 heavy (non-hydrogen) atoms. The second-order valence-corrected chi connectivity index (χ2v) is 22.2. The van der Waals surface area contributed by atoms with Gasteiger partial charge in [0.25, 0.3) is 0 Å². The van der Waals surface area contributed by atoms with Gasteiger partial charge in [0.15, 0.2) is 12.6 Å². The fourth-order valence-electron chi connectivity index (χ4n) is 10.0. The number of rotatable bonds is 52. The van der Waals surface area contributed by atoms with E-state index in [9.17, 15) is 40.5 Å². The third-order valence-corrected chi connectivity index (χ3v) is 15.1. The molecule has 2 fully saturated rings. The van der Waals surface area contributed by atoms with Crippen LogP contribution in [0.3, 0.4) is 0 Å². The SMILES string of the molecule is CC/C=C\C/C=C\C/C=C\C/C=C\CCCCCCCCC(=O)OC(COCCCCCCCCCCCCCCCCCCCCCCCCCCC)COC1OC(COC2OC(CO)C(O)C(O)C2O)C(O)C(O)C1O. The standard InChI is InChI=1S/C64H116O14/c1-3-5-7-9-11-13-15-17-19-21-23-24-25-26-27-28-30-32-34-36-38-40-42-44-46-48-73-50-53(76-56(66)47-45-43-41-39-37-35-33-31-29-22-20-18-16-14-12-10-8-6-4-2)51-74-63-62(72)60(70)58(68)55(78-63)52-75-64-61(71)59(69)57(67)54(49-65)77-64/h6,8,12,14,18,20,29,31,53-55,57-65,67-72H,3-5,7,9-11,13,15-17,19,21-28,30,32-52H2,1-2H3/b8-6-,14-12-,20-18-,31-29-. The molecular weight excluding hydrogens is 993 g/mol. The van der Waals surface area contributed by atoms with E-state index in [2.05, 4.69) is 62.5 Å². The summed E-state index contributed by atoms with van der Waals surface area (Å²) in [6.07, 6.45) is 46.1. The zero-order valence-corrected chi connectivity index (χ0v) is 49.2. The fourth-order valence-corrected chi connectivity index (χ4v) is 10.0. The summed E-state index contributed by atoms with van der Waals surface area (Å²) in [4.78, 5) is 13.1. The number of hydrogen-bond donors (Lipinski definition) is 7. The molecule has 0 radical (unpaired) electrons. The molecule has 11 atom stereocenters. The molecule has 0 bridgehead atoms. The molecule has 14 heteroatoms. The molecule has 2 aliphatic heterocycles. The molecule has 2 rings (SSSR count). The predicted octanol–water partition coefficient (Wildman–Crippen LogP) is 12.3. The molecule has 11 unspecified atom stereocenters. The van der Waals surface area contributed by atoms with Gasteiger partial charge in [0.2, 0.25) is 0 Å². The van der Waals surface area contributed by atoms with Crippen LogP contribution in [0.4, 0.5) is 0 Å². The van der Waals surface area contributed by atoms with Gasteiger partial charge in [-0.15, -0.1) is 0 Å². The summed E-state index contributed by atoms with van der Waals surface area (Å²) in [6, 6.07) is 0. The van der Waals surface area contributed by atoms with Crippen molar-refractivity contribution in [3.8, 4) is 0 Å². The van der Waals surface area contributed by atoms with Crippen molar-refractivity contribution < 1.29 is 69.0 Å². The highest BCUT2D eigenvalue weighted by molar-refractivity contribution is 5.69. The number of esters is 1. The van der Waals surface area contributed by atoms with Gasteiger partial charge < -0.3 is 64.2 Å². The van der Waals surface area contributed by atoms with Crippen LogP contribution < -0.4 is 0 Å². The third kappa shape index (κ3) is 36.4. The number of aliphatic hydroxyl groups excluding tert-OH is 7. The molecule has 0 aromatic rings. The van der Waals surface area contributed by atoms with Gasteiger partial charge in [-0.3, -0.25) is 4.79 Å². The number of hydrogen-bond acceptors (Lipinski definition) is 14. The van der Waals surface area contributed by atoms with Gasteiger partial charge in [-0.1, -0.05) is 242 Å². The van der Waals surface area contributed by atoms with Gasteiger partial charge in [-0.25, -0.2) is 0 Å². The maximum absolute atomic E-state index is 13.1. The van der Waals surface area contributed by atoms with Gasteiger partial charge in [0, 0.05) is 13.0 Å². The maximum atomic E-state index is 13.1. The van der Waals surface area contributed by atoms with Gasteiger partial charge >= 0.3 is 5.97 Å². The summed E-state index contributed by atoms with van der Waals surface area (Å²) in [5.74, 6) is -0.386. The minimum Gasteiger partial charge on any atom is -0.457 e. The summed E-state index contributed by atoms with van der Waals surface area (Å²) in [5, 5.41) is 72.5. The van der Waals surface area contributed by atoms with E-state index in [-0.39, 0.29) is 25.6 Å². The van der Waals surface area contributed by atoms with Crippen molar-refractivity contribution in [2.75, 3.05) is 33.0 Å². The van der Waals surface area contributed by atoms with E-state index < -0.39 is 80.7 Å². The Kier molecular flexibility index (Phi) is 46.8. The Morgan fingerprint density at radius 1 is 0.436 bits per heavy atom. The topological polar surface area (TPSA) is 214 Å². The lowest BCUT2D eigenvalue weighted by molar-refractivity contribution is -0.332. The molecule has 456 valence electrons. The first-order chi connectivity index (χ1) is 38.1. The first-order valence-corrected chi connectivity index (χ1v) is 31.7. The van der Waals surface area contributed by atoms with Crippen LogP contribution >= 0.6 is 0 Å². The van der Waals surface area contributed by atoms with E-state index >= 15 is 0 Å². The second-order valence-electron chi connectivity index (χ2n) is 22.2. The third-order valence-electron chi connectivity index (χ3n) is 15.1. The summed E-state index contributed by atoms with van der Waals surface area (Å²) in [5.41, 5.74) is 0. The largest absolute Gasteiger partial charge is 0.457 e. The van der Waals surface area contributed by atoms with Crippen molar-refractivity contribution in [2.24, 2.45) is 0 Å². The van der Waals surface area contributed by atoms with Crippen LogP contribution in [0.2, 0.25) is 0 Å². The molecule has 0 spiro atoms. The Bertz CT molecular complexity index is 1470. The van der Waals surface area contributed by atoms with Gasteiger partial charge in [0.05, 0.1) is 26.4 Å². The smallest absolute Gasteiger partial charge is 0.306 e. The summed E-state index contributed by atoms with van der Waals surface area (Å²) in [7, 11) is 0. The van der Waals surface area contributed by atoms with Crippen molar-refractivity contribution in [1.29, 1.82) is 0 Å². The molecular formula is C64H116O14. The lowest BCUT2D eigenvalue weighted by Crippen LogP contribution is -2.61. The number of allylic oxidation sites excluding steroid dienone is 8. The van der Waals surface area contributed by atoms with Crippen molar-refractivity contribution in [2.45, 2.75) is 319 Å². The van der Waals surface area contributed by atoms with E-state index in [1.165, 1.54) is 141 Å². The van der Waals surface area contributed by atoms with Crippen LogP contribution in [0.1, 0.15) is 251 Å². The first-order valence-electron chi connectivity index (χ1n) is 31.7. The number of carbonyl (C=O) groups is 1. The average Bonchev–Trinajstić information content (AvgIpc) is 3.44. The highest BCUT2D eigenvalue weighted by Crippen LogP contribution is 2.27. The van der Waals surface area contributed by atoms with E-state index in [0.29, 0.717) is 13.0 Å². The molecule has 2 aliphatic rings. The fraction of sp³-hybridized carbons (Fsp3) is 0.859. The van der Waals surface area contributed by atoms with Crippen LogP contribution in [-0.4, -0.2) is 142 Å². The van der Waals surface area contributed by atoms with E-state index in [1.807, 2.05) is 0 Å². The normalized spacial score (nSPS) is 24.4. The molecule has 2 saturated heterocycles. The van der Waals surface area contributed by atoms with Crippen molar-refractivity contribution >= 4 is 5.97 Å². The first kappa shape index (κ1) is 72.1. The van der Waals surface area contributed by atoms with E-state index in [1.54, 1.807) is 0 Å². The number of ether oxygens (including phenoxy) is 6. The van der Waals surface area contributed by atoms with Crippen LogP contribution in [-0.2, 0) is 33.2 Å². The minimum atomic E-state index is -1.71. The molecule has 0 aromatic carbocycles. The lowest BCUT2D eigenvalue weighted by atomic mass is 9.98. The minimum absolute atomic E-state index is 0.0576. The molecule has 0 amide bonds. The number of carbonyl (C=O) groups excluding carboxylic acids is 1. The summed E-state index contributed by atoms with van der Waals surface area (Å²) in [6.45, 7) is 3.60. The van der Waals surface area contributed by atoms with Crippen LogP contribution in [0.5, 0.6) is 0 Å². The van der Waals surface area contributed by atoms with Gasteiger partial charge in [-0.2, -0.15) is 0 Å². The quantitative estimate of drug-likeness (QED) is 0.0172. The Morgan fingerprint density at radius 3 is 1.31 bits per heavy atom. The van der Waals surface area contributed by atoms with Crippen LogP contribution in [0, 0.1) is 0 Å². The lowest BCUT2D eigenvalue weighted by Gasteiger charge is -2.42. The van der Waals surface area contributed by atoms with Crippen molar-refractivity contribution in [1.82, 2.24) is 0 Å². The van der Waals surface area contributed by atoms with Gasteiger partial charge in [-0.05, 0) is 51.4 Å². The molecule has 0 saturated carbocycles. The predicted molar refractivity (Wildman–Crippen MR) is 312 cm³/mol. The molecule has 2 heterocycles. The Hall–Kier alpha value is -2.05. The Labute approximate surface area is 473 Å².